The number of unbranched alkanes of at least 4 members (excludes halogenated alkanes) is 1. The molecule has 0 bridgehead atoms. The minimum absolute atomic E-state index is 0. The van der Waals surface area contributed by atoms with Crippen LogP contribution in [0, 0.1) is 0 Å². The van der Waals surface area contributed by atoms with Crippen molar-refractivity contribution in [3.8, 4) is 0 Å². The van der Waals surface area contributed by atoms with Gasteiger partial charge in [-0.15, -0.1) is 40.6 Å². The van der Waals surface area contributed by atoms with Gasteiger partial charge >= 0.3 is 26.2 Å². The van der Waals surface area contributed by atoms with Gasteiger partial charge in [0, 0.05) is 9.52 Å². The Bertz CT molecular complexity index is 382. The van der Waals surface area contributed by atoms with Crippen LogP contribution in [0.5, 0.6) is 0 Å². The molecule has 0 saturated heterocycles. The molecule has 0 unspecified atom stereocenters. The van der Waals surface area contributed by atoms with Crippen LogP contribution < -0.4 is 48.0 Å². The third-order valence-electron chi connectivity index (χ3n) is 2.50. The average Bonchev–Trinajstić information content (AvgIpc) is 2.70. The van der Waals surface area contributed by atoms with Crippen molar-refractivity contribution in [2.24, 2.45) is 0 Å². The molecule has 4 heteroatoms. The molecule has 0 amide bonds. The molecule has 0 atom stereocenters. The zero-order chi connectivity index (χ0) is 11.8. The fourth-order valence-electron chi connectivity index (χ4n) is 1.74. The molecule has 0 heterocycles. The fourth-order valence-corrected chi connectivity index (χ4v) is 1.74. The summed E-state index contributed by atoms with van der Waals surface area (Å²) in [5, 5.41) is 2.77. The normalized spacial score (nSPS) is 8.37. The Hall–Kier alpha value is 1.39. The van der Waals surface area contributed by atoms with Crippen LogP contribution in [0.15, 0.2) is 36.4 Å². The molecule has 19 heavy (non-hydrogen) atoms. The van der Waals surface area contributed by atoms with Crippen LogP contribution in [-0.2, 0) is 32.6 Å². The van der Waals surface area contributed by atoms with Crippen molar-refractivity contribution < 1.29 is 74.2 Å². The van der Waals surface area contributed by atoms with E-state index < -0.39 is 0 Å². The van der Waals surface area contributed by atoms with E-state index >= 15 is 0 Å². The number of hydrogen-bond donors (Lipinski definition) is 0. The monoisotopic (exact) mass is 573 g/mol. The maximum absolute atomic E-state index is 2.31. The summed E-state index contributed by atoms with van der Waals surface area (Å²) in [6, 6.07) is 13.2. The molecule has 2 rings (SSSR count). The van der Waals surface area contributed by atoms with Gasteiger partial charge in [0.05, 0.1) is 0 Å². The summed E-state index contributed by atoms with van der Waals surface area (Å²) in [4.78, 5) is 0. The summed E-state index contributed by atoms with van der Waals surface area (Å²) in [5.41, 5.74) is 1.49. The number of benzene rings is 1. The molecule has 0 aromatic heterocycles. The Balaban J connectivity index is -0.000000393. The molecule has 103 valence electrons. The average molecular weight is 574 g/mol. The first-order valence-electron chi connectivity index (χ1n) is 6.04. The number of rotatable bonds is 3. The van der Waals surface area contributed by atoms with Gasteiger partial charge in [-0.2, -0.15) is 6.07 Å². The molecule has 0 spiro atoms. The van der Waals surface area contributed by atoms with E-state index in [0.717, 1.165) is 9.52 Å². The molecule has 0 aliphatic carbocycles. The Kier molecular flexibility index (Phi) is 21.0. The fraction of sp³-hybridized carbons (Fsp3) is 0.400. The van der Waals surface area contributed by atoms with Crippen molar-refractivity contribution in [3.63, 3.8) is 0 Å². The predicted molar refractivity (Wildman–Crippen MR) is 75.6 cm³/mol. The van der Waals surface area contributed by atoms with E-state index in [9.17, 15) is 0 Å². The van der Waals surface area contributed by atoms with E-state index in [0.29, 0.717) is 0 Å². The van der Waals surface area contributed by atoms with Gasteiger partial charge in [0.2, 0.25) is 0 Å². The van der Waals surface area contributed by atoms with E-state index in [1.165, 1.54) is 35.6 Å². The zero-order valence-electron chi connectivity index (χ0n) is 11.8. The van der Waals surface area contributed by atoms with Gasteiger partial charge in [-0.25, -0.2) is 0 Å². The number of fused-ring (bicyclic) bond motifs is 1. The van der Waals surface area contributed by atoms with Gasteiger partial charge in [-0.3, -0.25) is 0 Å². The van der Waals surface area contributed by atoms with E-state index in [2.05, 4.69) is 56.4 Å². The summed E-state index contributed by atoms with van der Waals surface area (Å²) in [5.74, 6) is 0. The van der Waals surface area contributed by atoms with E-state index in [-0.39, 0.29) is 74.2 Å². The zero-order valence-corrected chi connectivity index (χ0v) is 19.6. The van der Waals surface area contributed by atoms with Crippen molar-refractivity contribution in [2.45, 2.75) is 39.3 Å². The van der Waals surface area contributed by atoms with Crippen LogP contribution in [0.3, 0.4) is 0 Å². The third kappa shape index (κ3) is 9.86. The first-order valence-corrected chi connectivity index (χ1v) is 8.04. The van der Waals surface area contributed by atoms with Crippen LogP contribution >= 0.6 is 0 Å². The quantitative estimate of drug-likeness (QED) is 0.243. The molecule has 3 radical (unpaired) electrons. The second kappa shape index (κ2) is 15.8. The Morgan fingerprint density at radius 2 is 1.68 bits per heavy atom. The minimum atomic E-state index is 0. The Labute approximate surface area is 173 Å². The van der Waals surface area contributed by atoms with Gasteiger partial charge in [0.1, 0.15) is 0 Å². The third-order valence-corrected chi connectivity index (χ3v) is 2.50. The Morgan fingerprint density at radius 3 is 2.21 bits per heavy atom. The van der Waals surface area contributed by atoms with Crippen molar-refractivity contribution in [2.75, 3.05) is 0 Å². The van der Waals surface area contributed by atoms with Gasteiger partial charge in [0.15, 0.2) is 0 Å². The van der Waals surface area contributed by atoms with E-state index in [1.807, 2.05) is 0 Å². The smallest absolute Gasteiger partial charge is 1.00 e. The molecule has 0 aliphatic heterocycles. The maximum atomic E-state index is 2.31. The van der Waals surface area contributed by atoms with Crippen molar-refractivity contribution in [3.05, 3.63) is 42.0 Å². The van der Waals surface area contributed by atoms with Gasteiger partial charge in [0.25, 0.3) is 0 Å². The Morgan fingerprint density at radius 1 is 1.11 bits per heavy atom. The molecular formula is C15H21I2SiZr. The standard InChI is InChI=1S/C13H15.C2H6Si.2HI.Zr/c1-2-3-6-11-9-12-7-4-5-8-13(12)10-11;1-3-2;;;/h4-5,7-10H,2-3,6H2,1H3;1-2H3;2*1H;/q-1;;;;+3/p-2. The first kappa shape index (κ1) is 25.3. The van der Waals surface area contributed by atoms with Crippen LogP contribution in [-0.4, -0.2) is 9.52 Å². The van der Waals surface area contributed by atoms with Crippen LogP contribution in [0.25, 0.3) is 10.8 Å². The van der Waals surface area contributed by atoms with E-state index in [4.69, 9.17) is 0 Å². The summed E-state index contributed by atoms with van der Waals surface area (Å²) in [7, 11) is 1.08. The van der Waals surface area contributed by atoms with Crippen LogP contribution in [0.4, 0.5) is 0 Å². The number of hydrogen-bond acceptors (Lipinski definition) is 0. The minimum Gasteiger partial charge on any atom is -1.00 e. The predicted octanol–water partition coefficient (Wildman–Crippen LogP) is -1.31. The first-order chi connectivity index (χ1) is 7.81. The molecule has 0 aliphatic rings. The number of halogens is 2. The maximum Gasteiger partial charge on any atom is 3.00 e. The SMILES string of the molecule is CCCCc1cc2ccccc2[cH-]1.C[Si]C.[I-].[I-].[Zr+3]. The van der Waals surface area contributed by atoms with Crippen molar-refractivity contribution >= 4 is 20.3 Å². The molecule has 2 aromatic rings. The largest absolute Gasteiger partial charge is 3.00 e. The summed E-state index contributed by atoms with van der Waals surface area (Å²) in [6.07, 6.45) is 3.81. The number of aryl methyl sites for hydroxylation is 1. The molecule has 2 aromatic carbocycles. The summed E-state index contributed by atoms with van der Waals surface area (Å²) in [6.45, 7) is 6.54. The van der Waals surface area contributed by atoms with Gasteiger partial charge < -0.3 is 48.0 Å². The second-order valence-corrected chi connectivity index (χ2v) is 5.10. The topological polar surface area (TPSA) is 0 Å². The molecule has 0 saturated carbocycles. The molecule has 0 N–H and O–H groups in total. The van der Waals surface area contributed by atoms with Crippen molar-refractivity contribution in [1.29, 1.82) is 0 Å². The molecule has 0 nitrogen and oxygen atoms in total. The molecular weight excluding hydrogens is 553 g/mol. The van der Waals surface area contributed by atoms with E-state index in [1.54, 1.807) is 0 Å². The van der Waals surface area contributed by atoms with Crippen molar-refractivity contribution in [1.82, 2.24) is 0 Å². The summed E-state index contributed by atoms with van der Waals surface area (Å²) < 4.78 is 0. The van der Waals surface area contributed by atoms with Gasteiger partial charge in [-0.1, -0.05) is 38.9 Å². The van der Waals surface area contributed by atoms with Crippen LogP contribution in [0.2, 0.25) is 13.1 Å². The molecule has 0 fully saturated rings. The van der Waals surface area contributed by atoms with Gasteiger partial charge in [-0.05, 0) is 6.42 Å². The van der Waals surface area contributed by atoms with Crippen LogP contribution in [0.1, 0.15) is 25.3 Å². The summed E-state index contributed by atoms with van der Waals surface area (Å²) >= 11 is 0. The second-order valence-electron chi connectivity index (χ2n) is 4.10.